The third-order valence-electron chi connectivity index (χ3n) is 5.76. The number of nitrogens with one attached hydrogen (secondary N) is 2. The van der Waals surface area contributed by atoms with Gasteiger partial charge < -0.3 is 14.9 Å². The molecule has 7 heteroatoms. The lowest BCUT2D eigenvalue weighted by Gasteiger charge is -2.11. The average molecular weight is 475 g/mol. The molecule has 5 nitrogen and oxygen atoms in total. The largest absolute Gasteiger partial charge is 0.323 e. The van der Waals surface area contributed by atoms with Crippen molar-refractivity contribution in [3.05, 3.63) is 97.9 Å². The van der Waals surface area contributed by atoms with Crippen molar-refractivity contribution in [2.75, 3.05) is 5.32 Å². The van der Waals surface area contributed by atoms with Crippen LogP contribution in [-0.4, -0.2) is 14.5 Å². The zero-order valence-corrected chi connectivity index (χ0v) is 19.5. The zero-order valence-electron chi connectivity index (χ0n) is 18.0. The fourth-order valence-corrected chi connectivity index (χ4v) is 4.51. The Kier molecular flexibility index (Phi) is 5.44. The number of H-pyrrole nitrogens is 1. The lowest BCUT2D eigenvalue weighted by molar-refractivity contribution is 0.960. The molecule has 3 aromatic carbocycles. The highest BCUT2D eigenvalue weighted by molar-refractivity contribution is 6.39. The SMILES string of the molecule is Cc1c(C=Cc2ccccc2)[nH]c(=O)c2c1ccc1nc(Nc3c(Cl)cccc3Cl)n(C)c12. The second kappa shape index (κ2) is 8.43. The van der Waals surface area contributed by atoms with E-state index >= 15 is 0 Å². The Balaban J connectivity index is 1.65. The number of para-hydroxylation sites is 1. The van der Waals surface area contributed by atoms with Gasteiger partial charge in [-0.05, 0) is 47.7 Å². The third kappa shape index (κ3) is 3.80. The lowest BCUT2D eigenvalue weighted by Crippen LogP contribution is -2.11. The minimum atomic E-state index is -0.167. The highest BCUT2D eigenvalue weighted by Gasteiger charge is 2.17. The number of hydrogen-bond donors (Lipinski definition) is 2. The maximum Gasteiger partial charge on any atom is 0.258 e. The molecule has 33 heavy (non-hydrogen) atoms. The van der Waals surface area contributed by atoms with Crippen molar-refractivity contribution >= 4 is 68.8 Å². The number of hydrogen-bond acceptors (Lipinski definition) is 3. The van der Waals surface area contributed by atoms with Gasteiger partial charge in [-0.25, -0.2) is 4.98 Å². The Morgan fingerprint density at radius 2 is 1.70 bits per heavy atom. The van der Waals surface area contributed by atoms with Crippen LogP contribution in [0.25, 0.3) is 34.0 Å². The number of aromatic amines is 1. The van der Waals surface area contributed by atoms with Crippen LogP contribution in [-0.2, 0) is 7.05 Å². The number of rotatable bonds is 4. The molecule has 0 aliphatic carbocycles. The highest BCUT2D eigenvalue weighted by Crippen LogP contribution is 2.34. The van der Waals surface area contributed by atoms with Crippen LogP contribution in [0.4, 0.5) is 11.6 Å². The molecule has 2 aromatic heterocycles. The summed E-state index contributed by atoms with van der Waals surface area (Å²) in [4.78, 5) is 20.9. The molecule has 2 N–H and O–H groups in total. The summed E-state index contributed by atoms with van der Waals surface area (Å²) in [5.74, 6) is 0.539. The van der Waals surface area contributed by atoms with Gasteiger partial charge in [0.25, 0.3) is 5.56 Å². The van der Waals surface area contributed by atoms with Crippen molar-refractivity contribution in [1.82, 2.24) is 14.5 Å². The Bertz CT molecular complexity index is 1580. The molecule has 0 aliphatic rings. The summed E-state index contributed by atoms with van der Waals surface area (Å²) in [6, 6.07) is 19.1. The van der Waals surface area contributed by atoms with Crippen LogP contribution in [0.15, 0.2) is 65.5 Å². The van der Waals surface area contributed by atoms with E-state index in [0.717, 1.165) is 27.7 Å². The van der Waals surface area contributed by atoms with Crippen LogP contribution in [0.1, 0.15) is 16.8 Å². The first kappa shape index (κ1) is 21.3. The summed E-state index contributed by atoms with van der Waals surface area (Å²) >= 11 is 12.6. The molecule has 0 atom stereocenters. The first-order valence-electron chi connectivity index (χ1n) is 10.4. The number of anilines is 2. The number of halogens is 2. The predicted octanol–water partition coefficient (Wildman–Crippen LogP) is 6.94. The highest BCUT2D eigenvalue weighted by atomic mass is 35.5. The molecule has 0 fully saturated rings. The molecule has 5 rings (SSSR count). The maximum absolute atomic E-state index is 13.2. The summed E-state index contributed by atoms with van der Waals surface area (Å²) in [6.45, 7) is 2.01. The van der Waals surface area contributed by atoms with E-state index in [-0.39, 0.29) is 5.56 Å². The lowest BCUT2D eigenvalue weighted by atomic mass is 10.0. The van der Waals surface area contributed by atoms with Crippen LogP contribution in [0.2, 0.25) is 10.0 Å². The van der Waals surface area contributed by atoms with Gasteiger partial charge in [0, 0.05) is 12.7 Å². The van der Waals surface area contributed by atoms with E-state index in [9.17, 15) is 4.79 Å². The van der Waals surface area contributed by atoms with Gasteiger partial charge in [-0.15, -0.1) is 0 Å². The van der Waals surface area contributed by atoms with E-state index in [4.69, 9.17) is 23.2 Å². The molecular weight excluding hydrogens is 455 g/mol. The molecule has 0 radical (unpaired) electrons. The first-order valence-corrected chi connectivity index (χ1v) is 11.2. The van der Waals surface area contributed by atoms with Gasteiger partial charge in [0.15, 0.2) is 0 Å². The quantitative estimate of drug-likeness (QED) is 0.296. The zero-order chi connectivity index (χ0) is 23.1. The van der Waals surface area contributed by atoms with Gasteiger partial charge in [0.05, 0.1) is 32.2 Å². The Hall–Kier alpha value is -3.54. The first-order chi connectivity index (χ1) is 15.9. The molecule has 0 bridgehead atoms. The predicted molar refractivity (Wildman–Crippen MR) is 139 cm³/mol. The molecule has 0 amide bonds. The van der Waals surface area contributed by atoms with E-state index in [2.05, 4.69) is 15.3 Å². The summed E-state index contributed by atoms with van der Waals surface area (Å²) < 4.78 is 1.85. The van der Waals surface area contributed by atoms with Crippen LogP contribution >= 0.6 is 23.2 Å². The van der Waals surface area contributed by atoms with Crippen LogP contribution in [0.5, 0.6) is 0 Å². The van der Waals surface area contributed by atoms with E-state index in [0.29, 0.717) is 32.6 Å². The topological polar surface area (TPSA) is 62.7 Å². The van der Waals surface area contributed by atoms with Crippen molar-refractivity contribution in [2.24, 2.45) is 7.05 Å². The normalized spacial score (nSPS) is 11.6. The molecule has 0 aliphatic heterocycles. The summed E-state index contributed by atoms with van der Waals surface area (Å²) in [7, 11) is 1.86. The van der Waals surface area contributed by atoms with Gasteiger partial charge in [-0.1, -0.05) is 71.7 Å². The fraction of sp³-hybridized carbons (Fsp3) is 0.0769. The van der Waals surface area contributed by atoms with Gasteiger partial charge >= 0.3 is 0 Å². The van der Waals surface area contributed by atoms with Crippen molar-refractivity contribution in [2.45, 2.75) is 6.92 Å². The number of fused-ring (bicyclic) bond motifs is 3. The van der Waals surface area contributed by atoms with Crippen LogP contribution in [0.3, 0.4) is 0 Å². The van der Waals surface area contributed by atoms with Gasteiger partial charge in [0.2, 0.25) is 5.95 Å². The summed E-state index contributed by atoms with van der Waals surface area (Å²) in [5, 5.41) is 5.66. The van der Waals surface area contributed by atoms with Crippen molar-refractivity contribution in [3.63, 3.8) is 0 Å². The van der Waals surface area contributed by atoms with E-state index in [1.54, 1.807) is 18.2 Å². The van der Waals surface area contributed by atoms with E-state index in [1.165, 1.54) is 0 Å². The second-order valence-corrected chi connectivity index (χ2v) is 8.62. The third-order valence-corrected chi connectivity index (χ3v) is 6.39. The maximum atomic E-state index is 13.2. The smallest absolute Gasteiger partial charge is 0.258 e. The number of nitrogens with zero attached hydrogens (tertiary/aromatic N) is 2. The molecule has 2 heterocycles. The number of aromatic nitrogens is 3. The summed E-state index contributed by atoms with van der Waals surface area (Å²) in [5.41, 5.74) is 4.67. The van der Waals surface area contributed by atoms with Crippen LogP contribution in [0, 0.1) is 6.92 Å². The van der Waals surface area contributed by atoms with Gasteiger partial charge in [0.1, 0.15) is 0 Å². The standard InChI is InChI=1S/C26H20Cl2N4O/c1-15-17-12-14-21-24(32(2)26(30-21)31-23-18(27)9-6-10-19(23)28)22(17)25(33)29-20(15)13-11-16-7-4-3-5-8-16/h3-14H,1-2H3,(H,29,33)(H,30,31). The van der Waals surface area contributed by atoms with Crippen molar-refractivity contribution < 1.29 is 0 Å². The van der Waals surface area contributed by atoms with Gasteiger partial charge in [-0.2, -0.15) is 0 Å². The average Bonchev–Trinajstić information content (AvgIpc) is 3.13. The molecule has 5 aromatic rings. The molecular formula is C26H20Cl2N4O. The number of benzene rings is 3. The molecule has 0 unspecified atom stereocenters. The molecule has 0 saturated heterocycles. The van der Waals surface area contributed by atoms with E-state index < -0.39 is 0 Å². The Morgan fingerprint density at radius 3 is 2.42 bits per heavy atom. The fourth-order valence-electron chi connectivity index (χ4n) is 4.02. The number of aryl methyl sites for hydroxylation is 2. The van der Waals surface area contributed by atoms with Crippen LogP contribution < -0.4 is 10.9 Å². The molecule has 164 valence electrons. The van der Waals surface area contributed by atoms with Crippen molar-refractivity contribution in [3.8, 4) is 0 Å². The minimum absolute atomic E-state index is 0.167. The van der Waals surface area contributed by atoms with E-state index in [1.807, 2.05) is 73.2 Å². The molecule has 0 spiro atoms. The van der Waals surface area contributed by atoms with Crippen molar-refractivity contribution in [1.29, 1.82) is 0 Å². The minimum Gasteiger partial charge on any atom is -0.323 e. The summed E-state index contributed by atoms with van der Waals surface area (Å²) in [6.07, 6.45) is 3.92. The van der Waals surface area contributed by atoms with Gasteiger partial charge in [-0.3, -0.25) is 4.79 Å². The Labute approximate surface area is 200 Å². The number of pyridine rings is 1. The number of imidazole rings is 1. The second-order valence-electron chi connectivity index (χ2n) is 7.81. The monoisotopic (exact) mass is 474 g/mol. The Morgan fingerprint density at radius 1 is 0.970 bits per heavy atom. The molecule has 0 saturated carbocycles.